The molecule has 5 rings (SSSR count). The van der Waals surface area contributed by atoms with E-state index in [-0.39, 0.29) is 35.2 Å². The molecule has 10 heteroatoms. The van der Waals surface area contributed by atoms with Crippen LogP contribution in [0, 0.1) is 17.7 Å². The molecule has 1 saturated carbocycles. The molecule has 40 heavy (non-hydrogen) atoms. The number of aromatic nitrogens is 1. The Hall–Kier alpha value is -3.40. The van der Waals surface area contributed by atoms with Gasteiger partial charge in [0.15, 0.2) is 5.78 Å². The summed E-state index contributed by atoms with van der Waals surface area (Å²) in [5.74, 6) is -0.243. The number of carbonyl (C=O) groups excluding carboxylic acids is 2. The Morgan fingerprint density at radius 1 is 0.950 bits per heavy atom. The third kappa shape index (κ3) is 7.21. The Labute approximate surface area is 230 Å². The Morgan fingerprint density at radius 3 is 2.33 bits per heavy atom. The van der Waals surface area contributed by atoms with Crippen molar-refractivity contribution in [2.75, 3.05) is 19.6 Å². The largest absolute Gasteiger partial charge is 0.573 e. The molecule has 3 aromatic rings. The summed E-state index contributed by atoms with van der Waals surface area (Å²) >= 11 is 0. The van der Waals surface area contributed by atoms with E-state index in [1.54, 1.807) is 12.1 Å². The number of H-pyrrole nitrogens is 1. The van der Waals surface area contributed by atoms with Crippen LogP contribution in [0.1, 0.15) is 65.8 Å². The highest BCUT2D eigenvalue weighted by molar-refractivity contribution is 5.98. The number of amides is 1. The second-order valence-electron chi connectivity index (χ2n) is 10.9. The first-order valence-corrected chi connectivity index (χ1v) is 13.8. The van der Waals surface area contributed by atoms with E-state index in [2.05, 4.69) is 19.9 Å². The van der Waals surface area contributed by atoms with Crippen LogP contribution >= 0.6 is 0 Å². The van der Waals surface area contributed by atoms with Gasteiger partial charge in [0.2, 0.25) is 0 Å². The molecule has 0 bridgehead atoms. The van der Waals surface area contributed by atoms with Gasteiger partial charge in [0, 0.05) is 28.4 Å². The van der Waals surface area contributed by atoms with Gasteiger partial charge >= 0.3 is 6.36 Å². The number of rotatable bonds is 8. The van der Waals surface area contributed by atoms with Crippen molar-refractivity contribution in [3.8, 4) is 5.75 Å². The van der Waals surface area contributed by atoms with E-state index in [0.717, 1.165) is 64.6 Å². The Morgan fingerprint density at radius 2 is 1.65 bits per heavy atom. The second-order valence-corrected chi connectivity index (χ2v) is 10.9. The van der Waals surface area contributed by atoms with Crippen LogP contribution in [0.3, 0.4) is 0 Å². The molecular weight excluding hydrogens is 526 g/mol. The van der Waals surface area contributed by atoms with E-state index in [1.807, 2.05) is 0 Å². The molecule has 214 valence electrons. The molecule has 1 saturated heterocycles. The highest BCUT2D eigenvalue weighted by Crippen LogP contribution is 2.30. The Balaban J connectivity index is 1.02. The van der Waals surface area contributed by atoms with Gasteiger partial charge in [-0.05, 0) is 119 Å². The normalized spacial score (nSPS) is 20.9. The molecule has 1 aliphatic carbocycles. The SMILES string of the molecule is O=C(N[C@H]1CC[C@H](CCN2CCC(C(=O)c3ccc(F)cc3)CC2)CC1)c1cc2cc(OC(F)(F)F)ccc2[nH]1. The molecule has 0 unspecified atom stereocenters. The zero-order chi connectivity index (χ0) is 28.3. The fourth-order valence-electron chi connectivity index (χ4n) is 5.92. The number of likely N-dealkylation sites (tertiary alicyclic amines) is 1. The Bertz CT molecular complexity index is 1320. The number of benzene rings is 2. The third-order valence-electron chi connectivity index (χ3n) is 8.19. The van der Waals surface area contributed by atoms with Crippen molar-refractivity contribution in [2.24, 2.45) is 11.8 Å². The number of halogens is 4. The molecule has 1 aliphatic heterocycles. The van der Waals surface area contributed by atoms with Crippen LogP contribution in [0.4, 0.5) is 17.6 Å². The van der Waals surface area contributed by atoms with E-state index >= 15 is 0 Å². The monoisotopic (exact) mass is 559 g/mol. The summed E-state index contributed by atoms with van der Waals surface area (Å²) in [7, 11) is 0. The number of fused-ring (bicyclic) bond motifs is 1. The minimum Gasteiger partial charge on any atom is -0.406 e. The van der Waals surface area contributed by atoms with Crippen LogP contribution in [0.2, 0.25) is 0 Å². The number of alkyl halides is 3. The zero-order valence-corrected chi connectivity index (χ0v) is 22.1. The molecule has 2 aromatic carbocycles. The number of aromatic amines is 1. The fraction of sp³-hybridized carbons (Fsp3) is 0.467. The number of nitrogens with zero attached hydrogens (tertiary/aromatic N) is 1. The van der Waals surface area contributed by atoms with Crippen LogP contribution < -0.4 is 10.1 Å². The maximum atomic E-state index is 13.1. The summed E-state index contributed by atoms with van der Waals surface area (Å²) in [6.07, 6.45) is 1.76. The maximum absolute atomic E-state index is 13.1. The van der Waals surface area contributed by atoms with Crippen molar-refractivity contribution in [2.45, 2.75) is 57.3 Å². The molecule has 0 atom stereocenters. The molecule has 2 fully saturated rings. The van der Waals surface area contributed by atoms with Crippen molar-refractivity contribution in [1.29, 1.82) is 0 Å². The van der Waals surface area contributed by atoms with E-state index in [1.165, 1.54) is 36.4 Å². The van der Waals surface area contributed by atoms with Crippen LogP contribution in [-0.4, -0.2) is 53.6 Å². The second kappa shape index (κ2) is 12.0. The molecule has 2 aliphatic rings. The van der Waals surface area contributed by atoms with Gasteiger partial charge in [0.25, 0.3) is 5.91 Å². The maximum Gasteiger partial charge on any atom is 0.573 e. The molecule has 1 aromatic heterocycles. The first kappa shape index (κ1) is 28.1. The minimum atomic E-state index is -4.77. The standard InChI is InChI=1S/C30H33F4N3O3/c31-23-5-3-20(4-6-23)28(38)21-12-15-37(16-13-21)14-11-19-1-7-24(8-2-19)35-29(39)27-18-22-17-25(40-30(32,33)34)9-10-26(22)36-27/h3-6,9-10,17-19,21,24,36H,1-2,7-8,11-16H2,(H,35,39)/t19-,24-. The molecule has 0 spiro atoms. The molecule has 2 N–H and O–H groups in total. The number of hydrogen-bond acceptors (Lipinski definition) is 4. The quantitative estimate of drug-likeness (QED) is 0.245. The van der Waals surface area contributed by atoms with Crippen molar-refractivity contribution < 1.29 is 31.9 Å². The summed E-state index contributed by atoms with van der Waals surface area (Å²) in [5, 5.41) is 3.53. The summed E-state index contributed by atoms with van der Waals surface area (Å²) in [4.78, 5) is 30.9. The summed E-state index contributed by atoms with van der Waals surface area (Å²) < 4.78 is 54.6. The summed E-state index contributed by atoms with van der Waals surface area (Å²) in [6, 6.07) is 11.3. The lowest BCUT2D eigenvalue weighted by atomic mass is 9.83. The van der Waals surface area contributed by atoms with E-state index < -0.39 is 6.36 Å². The fourth-order valence-corrected chi connectivity index (χ4v) is 5.92. The lowest BCUT2D eigenvalue weighted by Crippen LogP contribution is -2.39. The topological polar surface area (TPSA) is 74.4 Å². The predicted molar refractivity (Wildman–Crippen MR) is 143 cm³/mol. The highest BCUT2D eigenvalue weighted by Gasteiger charge is 2.31. The van der Waals surface area contributed by atoms with Crippen LogP contribution in [0.5, 0.6) is 5.75 Å². The van der Waals surface area contributed by atoms with Crippen molar-refractivity contribution in [1.82, 2.24) is 15.2 Å². The first-order chi connectivity index (χ1) is 19.1. The van der Waals surface area contributed by atoms with Gasteiger partial charge in [-0.25, -0.2) is 4.39 Å². The van der Waals surface area contributed by atoms with Gasteiger partial charge in [0.1, 0.15) is 17.3 Å². The average molecular weight is 560 g/mol. The van der Waals surface area contributed by atoms with Crippen LogP contribution in [0.15, 0.2) is 48.5 Å². The Kier molecular flexibility index (Phi) is 8.44. The molecule has 2 heterocycles. The summed E-state index contributed by atoms with van der Waals surface area (Å²) in [6.45, 7) is 2.77. The van der Waals surface area contributed by atoms with Gasteiger partial charge in [0.05, 0.1) is 0 Å². The van der Waals surface area contributed by atoms with Gasteiger partial charge in [-0.3, -0.25) is 9.59 Å². The molecule has 0 radical (unpaired) electrons. The van der Waals surface area contributed by atoms with E-state index in [9.17, 15) is 27.2 Å². The minimum absolute atomic E-state index is 0.00621. The number of Topliss-reactive ketones (excluding diaryl/α,β-unsaturated/α-hetero) is 1. The first-order valence-electron chi connectivity index (χ1n) is 13.8. The average Bonchev–Trinajstić information content (AvgIpc) is 3.36. The number of carbonyl (C=O) groups is 2. The molecular formula is C30H33F4N3O3. The van der Waals surface area contributed by atoms with Crippen LogP contribution in [0.25, 0.3) is 10.9 Å². The van der Waals surface area contributed by atoms with Crippen molar-refractivity contribution in [3.63, 3.8) is 0 Å². The van der Waals surface area contributed by atoms with Gasteiger partial charge in [-0.2, -0.15) is 0 Å². The number of hydrogen-bond donors (Lipinski definition) is 2. The van der Waals surface area contributed by atoms with Gasteiger partial charge in [-0.15, -0.1) is 13.2 Å². The van der Waals surface area contributed by atoms with Crippen molar-refractivity contribution in [3.05, 3.63) is 65.6 Å². The highest BCUT2D eigenvalue weighted by atomic mass is 19.4. The number of piperidine rings is 1. The number of ether oxygens (including phenoxy) is 1. The number of ketones is 1. The van der Waals surface area contributed by atoms with E-state index in [0.29, 0.717) is 28.1 Å². The molecule has 6 nitrogen and oxygen atoms in total. The third-order valence-corrected chi connectivity index (χ3v) is 8.19. The van der Waals surface area contributed by atoms with Gasteiger partial charge < -0.3 is 19.9 Å². The zero-order valence-electron chi connectivity index (χ0n) is 22.1. The lowest BCUT2D eigenvalue weighted by molar-refractivity contribution is -0.274. The summed E-state index contributed by atoms with van der Waals surface area (Å²) in [5.41, 5.74) is 1.45. The predicted octanol–water partition coefficient (Wildman–Crippen LogP) is 6.48. The molecule has 1 amide bonds. The van der Waals surface area contributed by atoms with Crippen molar-refractivity contribution >= 4 is 22.6 Å². The van der Waals surface area contributed by atoms with Gasteiger partial charge in [-0.1, -0.05) is 0 Å². The lowest BCUT2D eigenvalue weighted by Gasteiger charge is -2.34. The van der Waals surface area contributed by atoms with E-state index in [4.69, 9.17) is 0 Å². The number of nitrogens with one attached hydrogen (secondary N) is 2. The van der Waals surface area contributed by atoms with Crippen LogP contribution in [-0.2, 0) is 0 Å². The smallest absolute Gasteiger partial charge is 0.406 e.